The van der Waals surface area contributed by atoms with E-state index in [9.17, 15) is 4.79 Å². The average Bonchev–Trinajstić information content (AvgIpc) is 2.45. The van der Waals surface area contributed by atoms with Crippen molar-refractivity contribution >= 4 is 50.0 Å². The lowest BCUT2D eigenvalue weighted by atomic mass is 10.1. The van der Waals surface area contributed by atoms with E-state index in [1.54, 1.807) is 0 Å². The van der Waals surface area contributed by atoms with Crippen molar-refractivity contribution in [3.8, 4) is 0 Å². The van der Waals surface area contributed by atoms with Gasteiger partial charge >= 0.3 is 5.97 Å². The quantitative estimate of drug-likeness (QED) is 0.817. The summed E-state index contributed by atoms with van der Waals surface area (Å²) in [5.74, 6) is -0.834. The molecular weight excluding hydrogens is 311 g/mol. The zero-order chi connectivity index (χ0) is 10.3. The number of fused-ring (bicyclic) bond motifs is 1. The molecule has 0 aliphatic carbocycles. The first-order chi connectivity index (χ1) is 6.61. The number of hydrogen-bond acceptors (Lipinski definition) is 2. The maximum Gasteiger partial charge on any atom is 0.346 e. The second-order valence-corrected chi connectivity index (χ2v) is 5.19. The predicted octanol–water partition coefficient (Wildman–Crippen LogP) is 3.51. The number of hydrogen-bond donors (Lipinski definition) is 1. The molecule has 2 rings (SSSR count). The van der Waals surface area contributed by atoms with Gasteiger partial charge in [-0.2, -0.15) is 0 Å². The van der Waals surface area contributed by atoms with Gasteiger partial charge in [0.2, 0.25) is 0 Å². The summed E-state index contributed by atoms with van der Waals surface area (Å²) >= 11 is 3.58. The Labute approximate surface area is 98.7 Å². The maximum absolute atomic E-state index is 10.9. The Hall–Kier alpha value is -0.620. The molecule has 0 aliphatic heterocycles. The van der Waals surface area contributed by atoms with Gasteiger partial charge in [0.15, 0.2) is 0 Å². The van der Waals surface area contributed by atoms with Crippen molar-refractivity contribution in [3.05, 3.63) is 32.2 Å². The summed E-state index contributed by atoms with van der Waals surface area (Å²) in [6.07, 6.45) is 0. The number of carbonyl (C=O) groups is 1. The molecule has 4 heteroatoms. The highest BCUT2D eigenvalue weighted by atomic mass is 127. The molecule has 2 aromatic rings. The number of rotatable bonds is 1. The number of aromatic carboxylic acids is 1. The monoisotopic (exact) mass is 318 g/mol. The van der Waals surface area contributed by atoms with Gasteiger partial charge in [-0.3, -0.25) is 0 Å². The Balaban J connectivity index is 2.87. The molecule has 0 aliphatic rings. The van der Waals surface area contributed by atoms with Crippen LogP contribution in [0.15, 0.2) is 18.2 Å². The minimum Gasteiger partial charge on any atom is -0.477 e. The van der Waals surface area contributed by atoms with Crippen LogP contribution >= 0.6 is 33.9 Å². The van der Waals surface area contributed by atoms with Crippen molar-refractivity contribution in [2.24, 2.45) is 0 Å². The molecule has 0 spiro atoms. The summed E-state index contributed by atoms with van der Waals surface area (Å²) in [6, 6.07) is 5.90. The Kier molecular flexibility index (Phi) is 2.48. The third kappa shape index (κ3) is 1.42. The second kappa shape index (κ2) is 3.51. The summed E-state index contributed by atoms with van der Waals surface area (Å²) < 4.78 is 2.16. The summed E-state index contributed by atoms with van der Waals surface area (Å²) in [5, 5.41) is 10.0. The fourth-order valence-electron chi connectivity index (χ4n) is 1.46. The number of benzene rings is 1. The number of carboxylic acid groups (broad SMARTS) is 1. The van der Waals surface area contributed by atoms with Crippen LogP contribution in [0.2, 0.25) is 0 Å². The van der Waals surface area contributed by atoms with E-state index in [0.29, 0.717) is 4.88 Å². The molecule has 0 amide bonds. The van der Waals surface area contributed by atoms with Gasteiger partial charge in [-0.25, -0.2) is 4.79 Å². The van der Waals surface area contributed by atoms with Crippen molar-refractivity contribution < 1.29 is 9.90 Å². The predicted molar refractivity (Wildman–Crippen MR) is 66.2 cm³/mol. The van der Waals surface area contributed by atoms with Crippen molar-refractivity contribution in [1.82, 2.24) is 0 Å². The van der Waals surface area contributed by atoms with Crippen LogP contribution in [-0.2, 0) is 0 Å². The number of aryl methyl sites for hydroxylation is 1. The largest absolute Gasteiger partial charge is 0.477 e. The molecule has 1 N–H and O–H groups in total. The molecular formula is C10H7IO2S. The Bertz CT molecular complexity index is 516. The topological polar surface area (TPSA) is 37.3 Å². The van der Waals surface area contributed by atoms with E-state index in [-0.39, 0.29) is 0 Å². The molecule has 14 heavy (non-hydrogen) atoms. The van der Waals surface area contributed by atoms with Crippen molar-refractivity contribution in [2.75, 3.05) is 0 Å². The highest BCUT2D eigenvalue weighted by Crippen LogP contribution is 2.33. The van der Waals surface area contributed by atoms with E-state index in [0.717, 1.165) is 19.2 Å². The van der Waals surface area contributed by atoms with Crippen molar-refractivity contribution in [2.45, 2.75) is 6.92 Å². The van der Waals surface area contributed by atoms with Crippen LogP contribution in [0, 0.1) is 10.5 Å². The summed E-state index contributed by atoms with van der Waals surface area (Å²) in [6.45, 7) is 1.87. The molecule has 0 radical (unpaired) electrons. The van der Waals surface area contributed by atoms with E-state index in [4.69, 9.17) is 5.11 Å². The smallest absolute Gasteiger partial charge is 0.346 e. The average molecular weight is 318 g/mol. The molecule has 1 aromatic heterocycles. The van der Waals surface area contributed by atoms with Crippen LogP contribution in [0.5, 0.6) is 0 Å². The molecule has 1 heterocycles. The van der Waals surface area contributed by atoms with Gasteiger partial charge < -0.3 is 5.11 Å². The third-order valence-corrected chi connectivity index (χ3v) is 4.24. The lowest BCUT2D eigenvalue weighted by molar-refractivity contribution is 0.0701. The molecule has 0 saturated heterocycles. The van der Waals surface area contributed by atoms with Gasteiger partial charge in [0.25, 0.3) is 0 Å². The zero-order valence-electron chi connectivity index (χ0n) is 7.37. The fourth-order valence-corrected chi connectivity index (χ4v) is 3.62. The molecule has 0 fully saturated rings. The summed E-state index contributed by atoms with van der Waals surface area (Å²) in [4.78, 5) is 11.4. The summed E-state index contributed by atoms with van der Waals surface area (Å²) in [7, 11) is 0. The Morgan fingerprint density at radius 2 is 2.21 bits per heavy atom. The van der Waals surface area contributed by atoms with Crippen molar-refractivity contribution in [1.29, 1.82) is 0 Å². The highest BCUT2D eigenvalue weighted by Gasteiger charge is 2.15. The highest BCUT2D eigenvalue weighted by molar-refractivity contribution is 14.1. The van der Waals surface area contributed by atoms with E-state index in [1.807, 2.05) is 25.1 Å². The first-order valence-electron chi connectivity index (χ1n) is 4.02. The number of thiophene rings is 1. The van der Waals surface area contributed by atoms with Crippen molar-refractivity contribution in [3.63, 3.8) is 0 Å². The fraction of sp³-hybridized carbons (Fsp3) is 0.100. The minimum atomic E-state index is -0.834. The van der Waals surface area contributed by atoms with Crippen LogP contribution in [-0.4, -0.2) is 11.1 Å². The standard InChI is InChI=1S/C10H7IO2S/c1-5-8-6(11)3-2-4-7(8)14-9(5)10(12)13/h2-4H,1H3,(H,12,13). The normalized spacial score (nSPS) is 10.7. The number of carboxylic acids is 1. The SMILES string of the molecule is Cc1c(C(=O)O)sc2cccc(I)c12. The lowest BCUT2D eigenvalue weighted by Crippen LogP contribution is -1.93. The molecule has 0 saturated carbocycles. The van der Waals surface area contributed by atoms with E-state index >= 15 is 0 Å². The van der Waals surface area contributed by atoms with Crippen LogP contribution < -0.4 is 0 Å². The zero-order valence-corrected chi connectivity index (χ0v) is 10.3. The van der Waals surface area contributed by atoms with E-state index in [2.05, 4.69) is 22.6 Å². The van der Waals surface area contributed by atoms with Crippen LogP contribution in [0.3, 0.4) is 0 Å². The van der Waals surface area contributed by atoms with Gasteiger partial charge in [0.05, 0.1) is 0 Å². The molecule has 0 atom stereocenters. The minimum absolute atomic E-state index is 0.448. The lowest BCUT2D eigenvalue weighted by Gasteiger charge is -1.95. The van der Waals surface area contributed by atoms with E-state index < -0.39 is 5.97 Å². The Morgan fingerprint density at radius 1 is 1.50 bits per heavy atom. The van der Waals surface area contributed by atoms with Crippen LogP contribution in [0.4, 0.5) is 0 Å². The van der Waals surface area contributed by atoms with Gasteiger partial charge in [0, 0.05) is 13.7 Å². The van der Waals surface area contributed by atoms with Crippen LogP contribution in [0.25, 0.3) is 10.1 Å². The van der Waals surface area contributed by atoms with Gasteiger partial charge in [-0.05, 0) is 47.2 Å². The molecule has 0 unspecified atom stereocenters. The molecule has 72 valence electrons. The van der Waals surface area contributed by atoms with Gasteiger partial charge in [-0.1, -0.05) is 6.07 Å². The molecule has 1 aromatic carbocycles. The maximum atomic E-state index is 10.9. The number of halogens is 1. The first-order valence-corrected chi connectivity index (χ1v) is 5.91. The Morgan fingerprint density at radius 3 is 2.79 bits per heavy atom. The second-order valence-electron chi connectivity index (χ2n) is 2.97. The van der Waals surface area contributed by atoms with Gasteiger partial charge in [0.1, 0.15) is 4.88 Å². The first kappa shape index (κ1) is 9.92. The molecule has 2 nitrogen and oxygen atoms in total. The molecule has 0 bridgehead atoms. The third-order valence-electron chi connectivity index (χ3n) is 2.10. The van der Waals surface area contributed by atoms with Crippen LogP contribution in [0.1, 0.15) is 15.2 Å². The summed E-state index contributed by atoms with van der Waals surface area (Å²) in [5.41, 5.74) is 0.877. The van der Waals surface area contributed by atoms with E-state index in [1.165, 1.54) is 11.3 Å². The van der Waals surface area contributed by atoms with Gasteiger partial charge in [-0.15, -0.1) is 11.3 Å².